The van der Waals surface area contributed by atoms with Crippen LogP contribution < -0.4 is 16.0 Å². The van der Waals surface area contributed by atoms with Crippen LogP contribution >= 0.6 is 0 Å². The summed E-state index contributed by atoms with van der Waals surface area (Å²) in [6, 6.07) is 7.84. The van der Waals surface area contributed by atoms with Crippen molar-refractivity contribution in [2.24, 2.45) is 16.3 Å². The van der Waals surface area contributed by atoms with E-state index in [0.717, 1.165) is 36.7 Å². The van der Waals surface area contributed by atoms with Gasteiger partial charge in [-0.15, -0.1) is 0 Å². The Morgan fingerprint density at radius 3 is 2.41 bits per heavy atom. The molecule has 162 valence electrons. The third-order valence-electron chi connectivity index (χ3n) is 5.70. The van der Waals surface area contributed by atoms with Gasteiger partial charge in [-0.25, -0.2) is 4.99 Å². The standard InChI is InChI=1S/C23H38N4O2/c1-4-24-22(26-17-23(14-15-28)12-6-5-7-13-23)25-16-19-8-10-20(11-9-19)27-21(29)18(2)3/h8-11,18,28H,4-7,12-17H2,1-3H3,(H,27,29)(H2,24,25,26). The van der Waals surface area contributed by atoms with Crippen LogP contribution in [0.15, 0.2) is 29.3 Å². The van der Waals surface area contributed by atoms with E-state index in [4.69, 9.17) is 4.99 Å². The summed E-state index contributed by atoms with van der Waals surface area (Å²) in [6.45, 7) is 8.29. The molecule has 0 aromatic heterocycles. The van der Waals surface area contributed by atoms with Gasteiger partial charge in [-0.3, -0.25) is 4.79 Å². The molecule has 1 amide bonds. The number of hydrogen-bond acceptors (Lipinski definition) is 3. The quantitative estimate of drug-likeness (QED) is 0.375. The minimum absolute atomic E-state index is 0.0222. The molecule has 0 spiro atoms. The number of aliphatic hydroxyl groups excluding tert-OH is 1. The SMILES string of the molecule is CCNC(=NCc1ccc(NC(=O)C(C)C)cc1)NCC1(CCO)CCCCC1. The van der Waals surface area contributed by atoms with Crippen LogP contribution in [0.4, 0.5) is 5.69 Å². The van der Waals surface area contributed by atoms with E-state index in [0.29, 0.717) is 6.54 Å². The zero-order valence-electron chi connectivity index (χ0n) is 18.3. The molecule has 1 aromatic rings. The van der Waals surface area contributed by atoms with Crippen LogP contribution in [-0.2, 0) is 11.3 Å². The molecule has 1 aliphatic rings. The lowest BCUT2D eigenvalue weighted by atomic mass is 9.72. The summed E-state index contributed by atoms with van der Waals surface area (Å²) in [4.78, 5) is 16.5. The first-order chi connectivity index (χ1) is 14.0. The topological polar surface area (TPSA) is 85.8 Å². The van der Waals surface area contributed by atoms with Gasteiger partial charge in [0, 0.05) is 31.3 Å². The number of guanidine groups is 1. The van der Waals surface area contributed by atoms with Gasteiger partial charge in [0.1, 0.15) is 0 Å². The van der Waals surface area contributed by atoms with E-state index in [2.05, 4.69) is 22.9 Å². The van der Waals surface area contributed by atoms with Crippen LogP contribution in [0.25, 0.3) is 0 Å². The average molecular weight is 403 g/mol. The van der Waals surface area contributed by atoms with Crippen LogP contribution in [0.2, 0.25) is 0 Å². The molecular weight excluding hydrogens is 364 g/mol. The highest BCUT2D eigenvalue weighted by atomic mass is 16.3. The number of nitrogens with zero attached hydrogens (tertiary/aromatic N) is 1. The molecule has 1 aliphatic carbocycles. The number of carbonyl (C=O) groups excluding carboxylic acids is 1. The molecule has 0 radical (unpaired) electrons. The van der Waals surface area contributed by atoms with Crippen molar-refractivity contribution in [3.8, 4) is 0 Å². The number of hydrogen-bond donors (Lipinski definition) is 4. The first-order valence-electron chi connectivity index (χ1n) is 11.0. The highest BCUT2D eigenvalue weighted by Gasteiger charge is 2.31. The van der Waals surface area contributed by atoms with E-state index >= 15 is 0 Å². The maximum Gasteiger partial charge on any atom is 0.226 e. The lowest BCUT2D eigenvalue weighted by Crippen LogP contribution is -2.44. The first kappa shape index (κ1) is 23.2. The molecule has 2 rings (SSSR count). The van der Waals surface area contributed by atoms with E-state index in [9.17, 15) is 9.90 Å². The van der Waals surface area contributed by atoms with E-state index in [1.807, 2.05) is 38.1 Å². The van der Waals surface area contributed by atoms with Crippen molar-refractivity contribution in [1.29, 1.82) is 0 Å². The van der Waals surface area contributed by atoms with Gasteiger partial charge in [-0.2, -0.15) is 0 Å². The number of nitrogens with one attached hydrogen (secondary N) is 3. The van der Waals surface area contributed by atoms with Gasteiger partial charge in [0.2, 0.25) is 5.91 Å². The Kier molecular flexibility index (Phi) is 9.45. The Morgan fingerprint density at radius 2 is 1.83 bits per heavy atom. The van der Waals surface area contributed by atoms with Crippen molar-refractivity contribution in [2.75, 3.05) is 25.0 Å². The normalized spacial score (nSPS) is 16.5. The van der Waals surface area contributed by atoms with Crippen molar-refractivity contribution >= 4 is 17.6 Å². The van der Waals surface area contributed by atoms with Gasteiger partial charge in [-0.05, 0) is 49.3 Å². The molecule has 0 aliphatic heterocycles. The van der Waals surface area contributed by atoms with Crippen LogP contribution in [0, 0.1) is 11.3 Å². The third-order valence-corrected chi connectivity index (χ3v) is 5.70. The molecule has 6 nitrogen and oxygen atoms in total. The molecule has 0 saturated heterocycles. The number of rotatable bonds is 9. The summed E-state index contributed by atoms with van der Waals surface area (Å²) in [7, 11) is 0. The van der Waals surface area contributed by atoms with E-state index in [1.54, 1.807) is 0 Å². The molecule has 0 atom stereocenters. The second kappa shape index (κ2) is 11.8. The largest absolute Gasteiger partial charge is 0.396 e. The third kappa shape index (κ3) is 7.69. The van der Waals surface area contributed by atoms with Gasteiger partial charge < -0.3 is 21.1 Å². The number of anilines is 1. The molecule has 0 unspecified atom stereocenters. The van der Waals surface area contributed by atoms with E-state index in [1.165, 1.54) is 32.1 Å². The second-order valence-corrected chi connectivity index (χ2v) is 8.42. The van der Waals surface area contributed by atoms with Crippen molar-refractivity contribution in [1.82, 2.24) is 10.6 Å². The van der Waals surface area contributed by atoms with Gasteiger partial charge in [0.15, 0.2) is 5.96 Å². The molecule has 0 heterocycles. The monoisotopic (exact) mass is 402 g/mol. The van der Waals surface area contributed by atoms with Crippen LogP contribution in [0.1, 0.15) is 64.9 Å². The van der Waals surface area contributed by atoms with Crippen LogP contribution in [0.5, 0.6) is 0 Å². The number of aliphatic imine (C=N–C) groups is 1. The van der Waals surface area contributed by atoms with Crippen molar-refractivity contribution in [3.05, 3.63) is 29.8 Å². The lowest BCUT2D eigenvalue weighted by molar-refractivity contribution is -0.118. The molecule has 29 heavy (non-hydrogen) atoms. The summed E-state index contributed by atoms with van der Waals surface area (Å²) < 4.78 is 0. The summed E-state index contributed by atoms with van der Waals surface area (Å²) >= 11 is 0. The van der Waals surface area contributed by atoms with E-state index < -0.39 is 0 Å². The fourth-order valence-electron chi connectivity index (χ4n) is 3.82. The maximum absolute atomic E-state index is 11.8. The Bertz CT molecular complexity index is 644. The van der Waals surface area contributed by atoms with Crippen molar-refractivity contribution in [3.63, 3.8) is 0 Å². The predicted molar refractivity (Wildman–Crippen MR) is 120 cm³/mol. The minimum Gasteiger partial charge on any atom is -0.396 e. The zero-order chi connectivity index (χ0) is 21.1. The lowest BCUT2D eigenvalue weighted by Gasteiger charge is -2.37. The molecular formula is C23H38N4O2. The fourth-order valence-corrected chi connectivity index (χ4v) is 3.82. The molecule has 1 aromatic carbocycles. The Hall–Kier alpha value is -2.08. The molecule has 1 saturated carbocycles. The van der Waals surface area contributed by atoms with E-state index in [-0.39, 0.29) is 23.8 Å². The summed E-state index contributed by atoms with van der Waals surface area (Å²) in [5.74, 6) is 0.799. The Balaban J connectivity index is 1.94. The van der Waals surface area contributed by atoms with Gasteiger partial charge in [0.05, 0.1) is 6.54 Å². The highest BCUT2D eigenvalue weighted by Crippen LogP contribution is 2.38. The minimum atomic E-state index is -0.0358. The summed E-state index contributed by atoms with van der Waals surface area (Å²) in [6.07, 6.45) is 6.98. The van der Waals surface area contributed by atoms with Crippen molar-refractivity contribution in [2.45, 2.75) is 65.8 Å². The maximum atomic E-state index is 11.8. The number of carbonyl (C=O) groups is 1. The molecule has 0 bridgehead atoms. The van der Waals surface area contributed by atoms with Gasteiger partial charge >= 0.3 is 0 Å². The molecule has 1 fully saturated rings. The number of amides is 1. The molecule has 4 N–H and O–H groups in total. The highest BCUT2D eigenvalue weighted by molar-refractivity contribution is 5.92. The number of aliphatic hydroxyl groups is 1. The van der Waals surface area contributed by atoms with Crippen LogP contribution in [-0.4, -0.2) is 36.7 Å². The van der Waals surface area contributed by atoms with Crippen LogP contribution in [0.3, 0.4) is 0 Å². The van der Waals surface area contributed by atoms with Gasteiger partial charge in [-0.1, -0.05) is 45.2 Å². The summed E-state index contributed by atoms with van der Waals surface area (Å²) in [5, 5.41) is 19.2. The van der Waals surface area contributed by atoms with Gasteiger partial charge in [0.25, 0.3) is 0 Å². The smallest absolute Gasteiger partial charge is 0.226 e. The Morgan fingerprint density at radius 1 is 1.14 bits per heavy atom. The first-order valence-corrected chi connectivity index (χ1v) is 11.0. The average Bonchev–Trinajstić information content (AvgIpc) is 2.72. The Labute approximate surface area is 175 Å². The molecule has 6 heteroatoms. The zero-order valence-corrected chi connectivity index (χ0v) is 18.3. The number of benzene rings is 1. The summed E-state index contributed by atoms with van der Waals surface area (Å²) in [5.41, 5.74) is 2.08. The fraction of sp³-hybridized carbons (Fsp3) is 0.652. The van der Waals surface area contributed by atoms with Crippen molar-refractivity contribution < 1.29 is 9.90 Å². The second-order valence-electron chi connectivity index (χ2n) is 8.42. The predicted octanol–water partition coefficient (Wildman–Crippen LogP) is 3.67.